The fraction of sp³-hybridized carbons (Fsp3) is 0.263. The molecule has 0 bridgehead atoms. The van der Waals surface area contributed by atoms with Gasteiger partial charge in [0.05, 0.1) is 0 Å². The first-order valence-corrected chi connectivity index (χ1v) is 13.7. The van der Waals surface area contributed by atoms with Crippen molar-refractivity contribution in [2.24, 2.45) is 5.73 Å². The zero-order valence-electron chi connectivity index (χ0n) is 14.8. The topological polar surface area (TPSA) is 81.4 Å². The molecule has 0 fully saturated rings. The third kappa shape index (κ3) is 5.69. The first-order valence-electron chi connectivity index (χ1n) is 8.39. The summed E-state index contributed by atoms with van der Waals surface area (Å²) in [7, 11) is 1.30. The van der Waals surface area contributed by atoms with E-state index in [4.69, 9.17) is 5.73 Å². The molecule has 0 aromatic carbocycles. The van der Waals surface area contributed by atoms with Crippen LogP contribution >= 0.6 is 0 Å². The van der Waals surface area contributed by atoms with Gasteiger partial charge in [-0.3, -0.25) is 0 Å². The van der Waals surface area contributed by atoms with E-state index >= 15 is 0 Å². The molecule has 0 saturated carbocycles. The average molecular weight is 561 g/mol. The summed E-state index contributed by atoms with van der Waals surface area (Å²) in [4.78, 5) is 25.5. The average Bonchev–Trinajstić information content (AvgIpc) is 3.43. The van der Waals surface area contributed by atoms with Crippen LogP contribution in [0.3, 0.4) is 0 Å². The molecule has 142 valence electrons. The Bertz CT molecular complexity index is 899. The van der Waals surface area contributed by atoms with Gasteiger partial charge in [-0.1, -0.05) is 0 Å². The molecule has 0 saturated heterocycles. The molecule has 3 aromatic heterocycles. The van der Waals surface area contributed by atoms with Crippen molar-refractivity contribution >= 4 is 55.4 Å². The summed E-state index contributed by atoms with van der Waals surface area (Å²) in [6, 6.07) is 12.5. The summed E-state index contributed by atoms with van der Waals surface area (Å²) in [5.74, 6) is -0.570. The standard InChI is InChI=1S/C19H20N2O3Se3/c1-24-19(23)13(20)5-9-18(22)21-11-12-4-6-16(26-12)17-8-7-15(27-17)14-3-2-10-25-14/h2-4,6-8,10,13H,5,9,11,20H2,1H3,(H,21,22)/t13-/m0/s1. The number of carbonyl (C=O) groups excluding carboxylic acids is 2. The molecule has 3 N–H and O–H groups in total. The molecule has 3 aromatic rings. The molecule has 0 aliphatic rings. The van der Waals surface area contributed by atoms with Gasteiger partial charge in [-0.15, -0.1) is 0 Å². The van der Waals surface area contributed by atoms with Gasteiger partial charge < -0.3 is 0 Å². The third-order valence-corrected chi connectivity index (χ3v) is 11.9. The number of carbonyl (C=O) groups is 2. The van der Waals surface area contributed by atoms with Crippen LogP contribution in [-0.4, -0.2) is 68.5 Å². The van der Waals surface area contributed by atoms with Gasteiger partial charge in [0, 0.05) is 0 Å². The van der Waals surface area contributed by atoms with Gasteiger partial charge in [0.25, 0.3) is 0 Å². The molecule has 0 unspecified atom stereocenters. The van der Waals surface area contributed by atoms with Gasteiger partial charge in [0.1, 0.15) is 0 Å². The first-order chi connectivity index (χ1) is 13.1. The van der Waals surface area contributed by atoms with Crippen LogP contribution in [0.2, 0.25) is 0 Å². The van der Waals surface area contributed by atoms with E-state index in [1.165, 1.54) is 29.3 Å². The Hall–Kier alpha value is -1.10. The minimum atomic E-state index is -0.742. The van der Waals surface area contributed by atoms with E-state index in [1.807, 2.05) is 0 Å². The number of methoxy groups -OCH3 is 1. The van der Waals surface area contributed by atoms with Gasteiger partial charge >= 0.3 is 177 Å². The van der Waals surface area contributed by atoms with Crippen LogP contribution in [0.15, 0.2) is 41.3 Å². The van der Waals surface area contributed by atoms with Crippen LogP contribution < -0.4 is 11.1 Å². The number of rotatable bonds is 8. The minimum absolute atomic E-state index is 0.0874. The molecule has 1 amide bonds. The Balaban J connectivity index is 1.51. The Morgan fingerprint density at radius 1 is 1.07 bits per heavy atom. The molecular formula is C19H20N2O3Se3. The van der Waals surface area contributed by atoms with Crippen LogP contribution in [0.25, 0.3) is 17.7 Å². The van der Waals surface area contributed by atoms with Crippen molar-refractivity contribution in [3.8, 4) is 17.7 Å². The first kappa shape index (κ1) is 20.6. The van der Waals surface area contributed by atoms with E-state index in [-0.39, 0.29) is 26.8 Å². The predicted octanol–water partition coefficient (Wildman–Crippen LogP) is 1.09. The van der Waals surface area contributed by atoms with Gasteiger partial charge in [0.15, 0.2) is 0 Å². The summed E-state index contributed by atoms with van der Waals surface area (Å²) in [6.07, 6.45) is 0.519. The van der Waals surface area contributed by atoms with Gasteiger partial charge in [-0.25, -0.2) is 0 Å². The van der Waals surface area contributed by atoms with Crippen LogP contribution in [0.1, 0.15) is 17.3 Å². The van der Waals surface area contributed by atoms with E-state index in [1.54, 1.807) is 0 Å². The van der Waals surface area contributed by atoms with E-state index in [2.05, 4.69) is 51.4 Å². The summed E-state index contributed by atoms with van der Waals surface area (Å²) in [5, 5.41) is 2.93. The fourth-order valence-corrected chi connectivity index (χ4v) is 9.29. The zero-order valence-corrected chi connectivity index (χ0v) is 19.9. The number of nitrogens with two attached hydrogens (primary N) is 1. The van der Waals surface area contributed by atoms with Crippen LogP contribution in [0.5, 0.6) is 0 Å². The fourth-order valence-electron chi connectivity index (χ4n) is 2.46. The predicted molar refractivity (Wildman–Crippen MR) is 109 cm³/mol. The van der Waals surface area contributed by atoms with Crippen LogP contribution in [0, 0.1) is 0 Å². The molecule has 0 radical (unpaired) electrons. The summed E-state index contributed by atoms with van der Waals surface area (Å²) >= 11 is 1.15. The van der Waals surface area contributed by atoms with Crippen molar-refractivity contribution in [3.05, 3.63) is 45.8 Å². The summed E-state index contributed by atoms with van der Waals surface area (Å²) in [6.45, 7) is 0.561. The molecule has 27 heavy (non-hydrogen) atoms. The maximum atomic E-state index is 12.0. The number of ether oxygens (including phenoxy) is 1. The number of amides is 1. The number of nitrogens with one attached hydrogen (secondary N) is 1. The molecule has 5 nitrogen and oxygen atoms in total. The second kappa shape index (κ2) is 9.90. The zero-order chi connectivity index (χ0) is 19.2. The Morgan fingerprint density at radius 2 is 1.78 bits per heavy atom. The Morgan fingerprint density at radius 3 is 2.48 bits per heavy atom. The van der Waals surface area contributed by atoms with Gasteiger partial charge in [-0.2, -0.15) is 0 Å². The Labute approximate surface area is 176 Å². The van der Waals surface area contributed by atoms with Crippen molar-refractivity contribution in [2.45, 2.75) is 25.4 Å². The van der Waals surface area contributed by atoms with Crippen molar-refractivity contribution in [3.63, 3.8) is 0 Å². The van der Waals surface area contributed by atoms with E-state index in [0.29, 0.717) is 42.0 Å². The SMILES string of the molecule is COC(=O)[C@@H](N)CCC(=O)NCc1ccc(-c2ccc(-c3ccc[se]3)[se]2)[se]1. The van der Waals surface area contributed by atoms with E-state index < -0.39 is 12.0 Å². The van der Waals surface area contributed by atoms with E-state index in [0.717, 1.165) is 0 Å². The number of hydrogen-bond acceptors (Lipinski definition) is 4. The molecule has 3 rings (SSSR count). The van der Waals surface area contributed by atoms with Crippen LogP contribution in [-0.2, 0) is 20.9 Å². The van der Waals surface area contributed by atoms with E-state index in [9.17, 15) is 9.59 Å². The molecule has 1 atom stereocenters. The molecule has 0 spiro atoms. The maximum absolute atomic E-state index is 12.0. The van der Waals surface area contributed by atoms with Crippen molar-refractivity contribution < 1.29 is 14.3 Å². The molecule has 0 aliphatic heterocycles. The quantitative estimate of drug-likeness (QED) is 0.319. The molecule has 3 heterocycles. The van der Waals surface area contributed by atoms with Crippen molar-refractivity contribution in [1.82, 2.24) is 5.32 Å². The Kier molecular flexibility index (Phi) is 7.56. The second-order valence-electron chi connectivity index (χ2n) is 5.85. The number of hydrogen-bond donors (Lipinski definition) is 2. The third-order valence-electron chi connectivity index (χ3n) is 3.92. The molecule has 8 heteroatoms. The van der Waals surface area contributed by atoms with Gasteiger partial charge in [-0.05, 0) is 0 Å². The monoisotopic (exact) mass is 564 g/mol. The summed E-state index contributed by atoms with van der Waals surface area (Å²) < 4.78 is 11.7. The molecular weight excluding hydrogens is 541 g/mol. The second-order valence-corrected chi connectivity index (χ2v) is 12.6. The van der Waals surface area contributed by atoms with Crippen LogP contribution in [0.4, 0.5) is 0 Å². The van der Waals surface area contributed by atoms with Crippen molar-refractivity contribution in [1.29, 1.82) is 0 Å². The molecule has 0 aliphatic carbocycles. The summed E-state index contributed by atoms with van der Waals surface area (Å²) in [5.41, 5.74) is 5.65. The van der Waals surface area contributed by atoms with Gasteiger partial charge in [0.2, 0.25) is 0 Å². The van der Waals surface area contributed by atoms with Crippen molar-refractivity contribution in [2.75, 3.05) is 7.11 Å². The normalized spacial score (nSPS) is 11.9. The number of esters is 1.